The summed E-state index contributed by atoms with van der Waals surface area (Å²) in [6, 6.07) is 0. The van der Waals surface area contributed by atoms with Crippen molar-refractivity contribution in [2.24, 2.45) is 0 Å². The number of hydrogen-bond donors (Lipinski definition) is 0. The molecule has 14 heavy (non-hydrogen) atoms. The Hall–Kier alpha value is -0.260. The Balaban J connectivity index is 2.91. The van der Waals surface area contributed by atoms with Crippen LogP contribution in [0.1, 0.15) is 71.1 Å². The maximum Gasteiger partial charge on any atom is -0.0351 e. The molecule has 0 aromatic rings. The van der Waals surface area contributed by atoms with Crippen LogP contribution in [0.5, 0.6) is 0 Å². The Morgan fingerprint density at radius 2 is 1.36 bits per heavy atom. The fourth-order valence-electron chi connectivity index (χ4n) is 1.57. The largest absolute Gasteiger partial charge is 0.0885 e. The lowest BCUT2D eigenvalue weighted by molar-refractivity contribution is 0.592. The van der Waals surface area contributed by atoms with Crippen LogP contribution in [-0.2, 0) is 0 Å². The second kappa shape index (κ2) is 12.7. The molecular weight excluding hydrogens is 168 g/mol. The SMILES string of the molecule is [CH2]CC/C=C\CCCCCCCCC. The summed E-state index contributed by atoms with van der Waals surface area (Å²) in [6.07, 6.45) is 17.9. The molecule has 0 bridgehead atoms. The van der Waals surface area contributed by atoms with Crippen LogP contribution in [0.4, 0.5) is 0 Å². The predicted molar refractivity (Wildman–Crippen MR) is 66.3 cm³/mol. The Labute approximate surface area is 90.8 Å². The Morgan fingerprint density at radius 1 is 0.786 bits per heavy atom. The summed E-state index contributed by atoms with van der Waals surface area (Å²) in [5.41, 5.74) is 0. The lowest BCUT2D eigenvalue weighted by Gasteiger charge is -1.98. The quantitative estimate of drug-likeness (QED) is 0.328. The Bertz CT molecular complexity index is 113. The molecular formula is C14H27. The zero-order valence-corrected chi connectivity index (χ0v) is 9.93. The smallest absolute Gasteiger partial charge is 0.0351 e. The topological polar surface area (TPSA) is 0 Å². The summed E-state index contributed by atoms with van der Waals surface area (Å²) in [5.74, 6) is 0. The molecule has 0 amide bonds. The van der Waals surface area contributed by atoms with E-state index in [4.69, 9.17) is 0 Å². The van der Waals surface area contributed by atoms with Crippen LogP contribution in [0.3, 0.4) is 0 Å². The van der Waals surface area contributed by atoms with Gasteiger partial charge in [-0.2, -0.15) is 0 Å². The normalized spacial score (nSPS) is 11.3. The number of rotatable bonds is 10. The van der Waals surface area contributed by atoms with Gasteiger partial charge in [0.05, 0.1) is 0 Å². The first kappa shape index (κ1) is 13.7. The van der Waals surface area contributed by atoms with Crippen molar-refractivity contribution in [3.8, 4) is 0 Å². The van der Waals surface area contributed by atoms with Gasteiger partial charge >= 0.3 is 0 Å². The molecule has 0 nitrogen and oxygen atoms in total. The molecule has 0 rings (SSSR count). The monoisotopic (exact) mass is 195 g/mol. The summed E-state index contributed by atoms with van der Waals surface area (Å²) in [4.78, 5) is 0. The van der Waals surface area contributed by atoms with Crippen LogP contribution < -0.4 is 0 Å². The minimum atomic E-state index is 1.04. The van der Waals surface area contributed by atoms with Crippen LogP contribution in [0.2, 0.25) is 0 Å². The lowest BCUT2D eigenvalue weighted by Crippen LogP contribution is -1.78. The average Bonchev–Trinajstić information content (AvgIpc) is 2.21. The van der Waals surface area contributed by atoms with Gasteiger partial charge < -0.3 is 0 Å². The average molecular weight is 195 g/mol. The van der Waals surface area contributed by atoms with Gasteiger partial charge in [0.25, 0.3) is 0 Å². The van der Waals surface area contributed by atoms with E-state index in [9.17, 15) is 0 Å². The molecule has 0 aliphatic carbocycles. The molecule has 83 valence electrons. The highest BCUT2D eigenvalue weighted by atomic mass is 13.9. The second-order valence-electron chi connectivity index (χ2n) is 4.02. The number of allylic oxidation sites excluding steroid dienone is 2. The fourth-order valence-corrected chi connectivity index (χ4v) is 1.57. The van der Waals surface area contributed by atoms with Crippen molar-refractivity contribution in [3.63, 3.8) is 0 Å². The Morgan fingerprint density at radius 3 is 2.00 bits per heavy atom. The van der Waals surface area contributed by atoms with Gasteiger partial charge in [-0.1, -0.05) is 64.5 Å². The first-order valence-electron chi connectivity index (χ1n) is 6.36. The molecule has 0 unspecified atom stereocenters. The van der Waals surface area contributed by atoms with Gasteiger partial charge in [0.2, 0.25) is 0 Å². The molecule has 0 heteroatoms. The van der Waals surface area contributed by atoms with Gasteiger partial charge in [0, 0.05) is 0 Å². The third-order valence-electron chi connectivity index (χ3n) is 2.51. The summed E-state index contributed by atoms with van der Waals surface area (Å²) in [7, 11) is 0. The van der Waals surface area contributed by atoms with Gasteiger partial charge in [-0.3, -0.25) is 0 Å². The molecule has 0 aromatic carbocycles. The Kier molecular flexibility index (Phi) is 12.5. The third-order valence-corrected chi connectivity index (χ3v) is 2.51. The van der Waals surface area contributed by atoms with E-state index in [0.29, 0.717) is 0 Å². The molecule has 1 radical (unpaired) electrons. The van der Waals surface area contributed by atoms with Crippen LogP contribution in [0.15, 0.2) is 12.2 Å². The van der Waals surface area contributed by atoms with Gasteiger partial charge in [-0.25, -0.2) is 0 Å². The van der Waals surface area contributed by atoms with E-state index >= 15 is 0 Å². The first-order valence-corrected chi connectivity index (χ1v) is 6.36. The standard InChI is InChI=1S/C14H27/c1-3-5-7-9-11-13-14-12-10-8-6-4-2/h7,9H,1,3-6,8,10-14H2,2H3/b9-7-. The molecule has 0 heterocycles. The highest BCUT2D eigenvalue weighted by Crippen LogP contribution is 2.08. The maximum atomic E-state index is 3.81. The fraction of sp³-hybridized carbons (Fsp3) is 0.786. The van der Waals surface area contributed by atoms with E-state index in [0.717, 1.165) is 12.8 Å². The van der Waals surface area contributed by atoms with Crippen molar-refractivity contribution >= 4 is 0 Å². The predicted octanol–water partition coefficient (Wildman–Crippen LogP) is 5.30. The van der Waals surface area contributed by atoms with Crippen molar-refractivity contribution in [1.82, 2.24) is 0 Å². The molecule has 0 N–H and O–H groups in total. The minimum absolute atomic E-state index is 1.04. The van der Waals surface area contributed by atoms with Gasteiger partial charge in [-0.15, -0.1) is 0 Å². The summed E-state index contributed by atoms with van der Waals surface area (Å²) in [5, 5.41) is 0. The van der Waals surface area contributed by atoms with Crippen molar-refractivity contribution < 1.29 is 0 Å². The van der Waals surface area contributed by atoms with Crippen molar-refractivity contribution in [2.45, 2.75) is 71.1 Å². The molecule has 0 spiro atoms. The van der Waals surface area contributed by atoms with E-state index in [1.165, 1.54) is 51.4 Å². The molecule has 0 atom stereocenters. The highest BCUT2D eigenvalue weighted by Gasteiger charge is 1.88. The van der Waals surface area contributed by atoms with Crippen LogP contribution in [0.25, 0.3) is 0 Å². The summed E-state index contributed by atoms with van der Waals surface area (Å²) < 4.78 is 0. The van der Waals surface area contributed by atoms with E-state index in [1.54, 1.807) is 0 Å². The van der Waals surface area contributed by atoms with E-state index in [1.807, 2.05) is 0 Å². The zero-order chi connectivity index (χ0) is 10.5. The lowest BCUT2D eigenvalue weighted by atomic mass is 10.1. The van der Waals surface area contributed by atoms with E-state index in [-0.39, 0.29) is 0 Å². The molecule has 0 aromatic heterocycles. The number of hydrogen-bond acceptors (Lipinski definition) is 0. The molecule has 0 saturated heterocycles. The van der Waals surface area contributed by atoms with E-state index in [2.05, 4.69) is 26.0 Å². The van der Waals surface area contributed by atoms with Crippen molar-refractivity contribution in [3.05, 3.63) is 19.1 Å². The van der Waals surface area contributed by atoms with Gasteiger partial charge in [0.1, 0.15) is 0 Å². The highest BCUT2D eigenvalue weighted by molar-refractivity contribution is 4.81. The molecule has 0 saturated carbocycles. The van der Waals surface area contributed by atoms with E-state index < -0.39 is 0 Å². The molecule has 0 aliphatic heterocycles. The second-order valence-corrected chi connectivity index (χ2v) is 4.02. The van der Waals surface area contributed by atoms with Crippen LogP contribution in [0, 0.1) is 6.92 Å². The first-order chi connectivity index (χ1) is 6.91. The van der Waals surface area contributed by atoms with Crippen LogP contribution in [-0.4, -0.2) is 0 Å². The summed E-state index contributed by atoms with van der Waals surface area (Å²) in [6.45, 7) is 6.08. The third kappa shape index (κ3) is 11.7. The van der Waals surface area contributed by atoms with Crippen molar-refractivity contribution in [2.75, 3.05) is 0 Å². The number of unbranched alkanes of at least 4 members (excludes halogenated alkanes) is 8. The van der Waals surface area contributed by atoms with Gasteiger partial charge in [0.15, 0.2) is 0 Å². The minimum Gasteiger partial charge on any atom is -0.0885 e. The molecule has 0 fully saturated rings. The van der Waals surface area contributed by atoms with Crippen LogP contribution >= 0.6 is 0 Å². The molecule has 0 aliphatic rings. The van der Waals surface area contributed by atoms with Gasteiger partial charge in [-0.05, 0) is 25.7 Å². The zero-order valence-electron chi connectivity index (χ0n) is 9.93. The van der Waals surface area contributed by atoms with Crippen molar-refractivity contribution in [1.29, 1.82) is 0 Å². The summed E-state index contributed by atoms with van der Waals surface area (Å²) >= 11 is 0. The maximum absolute atomic E-state index is 3.81.